The van der Waals surface area contributed by atoms with Gasteiger partial charge in [-0.1, -0.05) is 0 Å². The van der Waals surface area contributed by atoms with E-state index in [1.807, 2.05) is 11.5 Å². The smallest absolute Gasteiger partial charge is 0.330 e. The molecule has 0 saturated carbocycles. The van der Waals surface area contributed by atoms with Crippen LogP contribution in [0.4, 0.5) is 17.6 Å². The molecule has 0 radical (unpaired) electrons. The fourth-order valence-electron chi connectivity index (χ4n) is 2.49. The lowest BCUT2D eigenvalue weighted by molar-refractivity contribution is -0.139. The van der Waals surface area contributed by atoms with Crippen molar-refractivity contribution in [2.75, 3.05) is 0 Å². The molecule has 1 aromatic carbocycles. The number of nitrogens with zero attached hydrogens (tertiary/aromatic N) is 4. The number of hydrogen-bond acceptors (Lipinski definition) is 2. The average Bonchev–Trinajstić information content (AvgIpc) is 3.06. The summed E-state index contributed by atoms with van der Waals surface area (Å²) in [5, 5.41) is 0. The molecule has 0 N–H and O–H groups in total. The summed E-state index contributed by atoms with van der Waals surface area (Å²) in [5.41, 5.74) is -0.547. The predicted octanol–water partition coefficient (Wildman–Crippen LogP) is 4.22. The lowest BCUT2D eigenvalue weighted by atomic mass is 10.1. The van der Waals surface area contributed by atoms with Crippen molar-refractivity contribution < 1.29 is 17.6 Å². The van der Waals surface area contributed by atoms with Gasteiger partial charge in [-0.25, -0.2) is 14.4 Å². The normalized spacial score (nSPS) is 11.4. The summed E-state index contributed by atoms with van der Waals surface area (Å²) in [6.07, 6.45) is 0.197. The summed E-state index contributed by atoms with van der Waals surface area (Å²) in [6, 6.07) is 2.94. The minimum absolute atomic E-state index is 0. The van der Waals surface area contributed by atoms with Crippen molar-refractivity contribution in [1.29, 1.82) is 0 Å². The Kier molecular flexibility index (Phi) is 5.22. The van der Waals surface area contributed by atoms with Crippen molar-refractivity contribution >= 4 is 12.4 Å². The van der Waals surface area contributed by atoms with Crippen molar-refractivity contribution in [3.63, 3.8) is 0 Å². The van der Waals surface area contributed by atoms with Crippen molar-refractivity contribution in [3.8, 4) is 11.3 Å². The van der Waals surface area contributed by atoms with E-state index in [1.54, 1.807) is 24.0 Å². The molecule has 0 fully saturated rings. The third kappa shape index (κ3) is 3.68. The number of aryl methyl sites for hydroxylation is 1. The highest BCUT2D eigenvalue weighted by molar-refractivity contribution is 5.85. The first-order valence-electron chi connectivity index (χ1n) is 7.13. The van der Waals surface area contributed by atoms with Crippen molar-refractivity contribution in [2.45, 2.75) is 19.6 Å². The zero-order chi connectivity index (χ0) is 17.5. The largest absolute Gasteiger partial charge is 0.419 e. The molecular weight excluding hydrogens is 360 g/mol. The maximum absolute atomic E-state index is 13.4. The summed E-state index contributed by atoms with van der Waals surface area (Å²) in [5.74, 6) is 0.173. The molecule has 25 heavy (non-hydrogen) atoms. The topological polar surface area (TPSA) is 35.6 Å². The van der Waals surface area contributed by atoms with Gasteiger partial charge in [-0.05, 0) is 25.1 Å². The molecule has 3 aromatic rings. The fraction of sp³-hybridized carbons (Fsp3) is 0.250. The Hall–Kier alpha value is -2.35. The number of rotatable bonds is 3. The highest BCUT2D eigenvalue weighted by Crippen LogP contribution is 2.34. The van der Waals surface area contributed by atoms with Crippen LogP contribution in [0.2, 0.25) is 0 Å². The van der Waals surface area contributed by atoms with E-state index in [-0.39, 0.29) is 18.0 Å². The molecule has 4 nitrogen and oxygen atoms in total. The summed E-state index contributed by atoms with van der Waals surface area (Å²) < 4.78 is 55.6. The number of halogens is 5. The summed E-state index contributed by atoms with van der Waals surface area (Å²) in [7, 11) is 1.71. The molecule has 0 saturated heterocycles. The first-order valence-corrected chi connectivity index (χ1v) is 7.13. The highest BCUT2D eigenvalue weighted by Gasteiger charge is 2.34. The average molecular weight is 375 g/mol. The maximum Gasteiger partial charge on any atom is 0.419 e. The Morgan fingerprint density at radius 1 is 1.16 bits per heavy atom. The molecule has 0 atom stereocenters. The lowest BCUT2D eigenvalue weighted by Gasteiger charge is -2.11. The number of benzene rings is 1. The SMILES string of the molecule is Cc1nccn1Cc1ncc(-c2ccc(F)c(C(F)(F)F)c2)n1C.Cl. The Labute approximate surface area is 147 Å². The molecule has 0 bridgehead atoms. The van der Waals surface area contributed by atoms with Crippen LogP contribution in [0.15, 0.2) is 36.8 Å². The second-order valence-corrected chi connectivity index (χ2v) is 5.41. The van der Waals surface area contributed by atoms with Crippen LogP contribution in [0.5, 0.6) is 0 Å². The van der Waals surface area contributed by atoms with Crippen molar-refractivity contribution in [1.82, 2.24) is 19.1 Å². The van der Waals surface area contributed by atoms with E-state index < -0.39 is 17.6 Å². The van der Waals surface area contributed by atoms with Crippen LogP contribution >= 0.6 is 12.4 Å². The van der Waals surface area contributed by atoms with Gasteiger partial charge in [0.05, 0.1) is 24.0 Å². The zero-order valence-corrected chi connectivity index (χ0v) is 14.2. The van der Waals surface area contributed by atoms with Crippen LogP contribution in [-0.2, 0) is 19.8 Å². The number of aromatic nitrogens is 4. The van der Waals surface area contributed by atoms with E-state index in [0.717, 1.165) is 18.0 Å². The molecule has 134 valence electrons. The minimum Gasteiger partial charge on any atom is -0.330 e. The van der Waals surface area contributed by atoms with Gasteiger partial charge >= 0.3 is 6.18 Å². The van der Waals surface area contributed by atoms with Gasteiger partial charge in [-0.15, -0.1) is 12.4 Å². The molecule has 2 aromatic heterocycles. The molecule has 0 aliphatic rings. The summed E-state index contributed by atoms with van der Waals surface area (Å²) in [6.45, 7) is 2.29. The molecule has 0 unspecified atom stereocenters. The molecule has 0 amide bonds. The summed E-state index contributed by atoms with van der Waals surface area (Å²) >= 11 is 0. The van der Waals surface area contributed by atoms with Crippen LogP contribution in [0.3, 0.4) is 0 Å². The van der Waals surface area contributed by atoms with Crippen molar-refractivity contribution in [3.05, 3.63) is 59.8 Å². The minimum atomic E-state index is -4.74. The Balaban J connectivity index is 0.00000225. The Morgan fingerprint density at radius 3 is 2.48 bits per heavy atom. The van der Waals surface area contributed by atoms with Gasteiger partial charge in [-0.3, -0.25) is 0 Å². The van der Waals surface area contributed by atoms with E-state index in [4.69, 9.17) is 0 Å². The standard InChI is InChI=1S/C16H14F4N4.ClH/c1-10-21-5-6-24(10)9-15-22-8-14(23(15)2)11-3-4-13(17)12(7-11)16(18,19)20;/h3-8H,9H2,1-2H3;1H. The molecule has 2 heterocycles. The van der Waals surface area contributed by atoms with Gasteiger partial charge in [0.2, 0.25) is 0 Å². The molecular formula is C16H15ClF4N4. The van der Waals surface area contributed by atoms with E-state index in [2.05, 4.69) is 9.97 Å². The first-order chi connectivity index (χ1) is 11.3. The van der Waals surface area contributed by atoms with Crippen LogP contribution in [0.25, 0.3) is 11.3 Å². The number of alkyl halides is 3. The monoisotopic (exact) mass is 374 g/mol. The van der Waals surface area contributed by atoms with E-state index in [1.165, 1.54) is 12.3 Å². The van der Waals surface area contributed by atoms with Gasteiger partial charge in [0.15, 0.2) is 0 Å². The van der Waals surface area contributed by atoms with Gasteiger partial charge in [0.25, 0.3) is 0 Å². The van der Waals surface area contributed by atoms with Crippen molar-refractivity contribution in [2.24, 2.45) is 7.05 Å². The third-order valence-corrected chi connectivity index (χ3v) is 3.89. The number of imidazole rings is 2. The second kappa shape index (κ2) is 6.87. The lowest BCUT2D eigenvalue weighted by Crippen LogP contribution is -2.09. The molecule has 0 aliphatic heterocycles. The van der Waals surface area contributed by atoms with Gasteiger partial charge < -0.3 is 9.13 Å². The molecule has 0 aliphatic carbocycles. The van der Waals surface area contributed by atoms with Gasteiger partial charge in [0.1, 0.15) is 17.5 Å². The Morgan fingerprint density at radius 2 is 1.88 bits per heavy atom. The van der Waals surface area contributed by atoms with Crippen LogP contribution < -0.4 is 0 Å². The quantitative estimate of drug-likeness (QED) is 0.643. The third-order valence-electron chi connectivity index (χ3n) is 3.89. The van der Waals surface area contributed by atoms with Crippen LogP contribution in [-0.4, -0.2) is 19.1 Å². The highest BCUT2D eigenvalue weighted by atomic mass is 35.5. The second-order valence-electron chi connectivity index (χ2n) is 5.41. The van der Waals surface area contributed by atoms with Gasteiger partial charge in [-0.2, -0.15) is 13.2 Å². The zero-order valence-electron chi connectivity index (χ0n) is 13.4. The predicted molar refractivity (Wildman–Crippen MR) is 86.9 cm³/mol. The van der Waals surface area contributed by atoms with Crippen LogP contribution in [0, 0.1) is 12.7 Å². The molecule has 0 spiro atoms. The summed E-state index contributed by atoms with van der Waals surface area (Å²) in [4.78, 5) is 8.38. The molecule has 9 heteroatoms. The molecule has 3 rings (SSSR count). The Bertz CT molecular complexity index is 883. The van der Waals surface area contributed by atoms with E-state index >= 15 is 0 Å². The van der Waals surface area contributed by atoms with E-state index in [9.17, 15) is 17.6 Å². The first kappa shape index (κ1) is 19.0. The number of hydrogen-bond donors (Lipinski definition) is 0. The van der Waals surface area contributed by atoms with Gasteiger partial charge in [0, 0.05) is 25.0 Å². The fourth-order valence-corrected chi connectivity index (χ4v) is 2.49. The maximum atomic E-state index is 13.4. The van der Waals surface area contributed by atoms with E-state index in [0.29, 0.717) is 18.1 Å². The van der Waals surface area contributed by atoms with Crippen LogP contribution in [0.1, 0.15) is 17.2 Å².